The predicted octanol–water partition coefficient (Wildman–Crippen LogP) is 3.03. The molecule has 2 N–H and O–H groups in total. The number of benzene rings is 1. The molecule has 0 aliphatic carbocycles. The molecule has 0 bridgehead atoms. The fourth-order valence-electron chi connectivity index (χ4n) is 1.72. The molecule has 2 rings (SSSR count). The van der Waals surface area contributed by atoms with E-state index in [1.807, 2.05) is 30.3 Å². The van der Waals surface area contributed by atoms with Crippen LogP contribution in [-0.4, -0.2) is 28.6 Å². The summed E-state index contributed by atoms with van der Waals surface area (Å²) in [6.07, 6.45) is 0.783. The lowest BCUT2D eigenvalue weighted by atomic mass is 10.2. The number of hydrogen-bond donors (Lipinski definition) is 2. The summed E-state index contributed by atoms with van der Waals surface area (Å²) in [4.78, 5) is 11.1. The molecule has 0 radical (unpaired) electrons. The summed E-state index contributed by atoms with van der Waals surface area (Å²) in [5.41, 5.74) is 0.810. The van der Waals surface area contributed by atoms with Gasteiger partial charge in [0.05, 0.1) is 12.3 Å². The Morgan fingerprint density at radius 2 is 2.15 bits per heavy atom. The Bertz CT molecular complexity index is 569. The van der Waals surface area contributed by atoms with Crippen molar-refractivity contribution >= 4 is 22.5 Å². The van der Waals surface area contributed by atoms with Crippen molar-refractivity contribution in [2.24, 2.45) is 0 Å². The van der Waals surface area contributed by atoms with Gasteiger partial charge in [0.1, 0.15) is 16.3 Å². The third-order valence-corrected chi connectivity index (χ3v) is 3.59. The minimum Gasteiger partial charge on any atom is -0.494 e. The maximum Gasteiger partial charge on any atom is 0.340 e. The number of carboxylic acids is 1. The topological polar surface area (TPSA) is 71.5 Å². The average molecular weight is 292 g/mol. The standard InChI is InChI=1S/C14H16N2O3S/c1-10-12(14(17)18)13(20-16-10)15-8-5-9-19-11-6-3-2-4-7-11/h2-4,6-7,15H,5,8-9H2,1H3,(H,17,18). The number of hydrogen-bond acceptors (Lipinski definition) is 5. The molecule has 0 spiro atoms. The van der Waals surface area contributed by atoms with E-state index in [-0.39, 0.29) is 5.56 Å². The van der Waals surface area contributed by atoms with Gasteiger partial charge in [0.25, 0.3) is 0 Å². The number of para-hydroxylation sites is 1. The number of carbonyl (C=O) groups is 1. The first-order valence-electron chi connectivity index (χ1n) is 6.30. The number of aromatic carboxylic acids is 1. The molecule has 0 unspecified atom stereocenters. The molecule has 0 saturated heterocycles. The molecule has 0 aliphatic rings. The molecule has 0 amide bonds. The van der Waals surface area contributed by atoms with Crippen LogP contribution in [0.15, 0.2) is 30.3 Å². The van der Waals surface area contributed by atoms with Crippen molar-refractivity contribution in [1.29, 1.82) is 0 Å². The van der Waals surface area contributed by atoms with E-state index in [1.165, 1.54) is 11.5 Å². The second kappa shape index (κ2) is 6.91. The maximum atomic E-state index is 11.1. The normalized spacial score (nSPS) is 10.2. The van der Waals surface area contributed by atoms with E-state index in [2.05, 4.69) is 9.69 Å². The fourth-order valence-corrected chi connectivity index (χ4v) is 2.54. The summed E-state index contributed by atoms with van der Waals surface area (Å²) >= 11 is 1.18. The molecular weight excluding hydrogens is 276 g/mol. The minimum absolute atomic E-state index is 0.263. The van der Waals surface area contributed by atoms with Crippen molar-refractivity contribution in [2.45, 2.75) is 13.3 Å². The van der Waals surface area contributed by atoms with E-state index in [0.717, 1.165) is 12.2 Å². The number of nitrogens with one attached hydrogen (secondary N) is 1. The first-order valence-corrected chi connectivity index (χ1v) is 7.07. The van der Waals surface area contributed by atoms with Gasteiger partial charge in [-0.05, 0) is 37.0 Å². The van der Waals surface area contributed by atoms with Gasteiger partial charge in [-0.25, -0.2) is 4.79 Å². The van der Waals surface area contributed by atoms with Crippen LogP contribution >= 0.6 is 11.5 Å². The molecule has 0 saturated carbocycles. The third kappa shape index (κ3) is 3.71. The first-order chi connectivity index (χ1) is 9.68. The highest BCUT2D eigenvalue weighted by Gasteiger charge is 2.16. The van der Waals surface area contributed by atoms with Crippen LogP contribution in [0.25, 0.3) is 0 Å². The van der Waals surface area contributed by atoms with E-state index < -0.39 is 5.97 Å². The molecule has 1 aromatic carbocycles. The lowest BCUT2D eigenvalue weighted by Gasteiger charge is -2.07. The molecule has 0 atom stereocenters. The van der Waals surface area contributed by atoms with E-state index in [4.69, 9.17) is 9.84 Å². The van der Waals surface area contributed by atoms with Gasteiger partial charge in [0.2, 0.25) is 0 Å². The second-order valence-corrected chi connectivity index (χ2v) is 4.99. The Balaban J connectivity index is 1.75. The summed E-state index contributed by atoms with van der Waals surface area (Å²) in [6.45, 7) is 2.93. The largest absolute Gasteiger partial charge is 0.494 e. The highest BCUT2D eigenvalue weighted by Crippen LogP contribution is 2.24. The third-order valence-electron chi connectivity index (χ3n) is 2.70. The zero-order chi connectivity index (χ0) is 14.4. The van der Waals surface area contributed by atoms with E-state index in [9.17, 15) is 4.79 Å². The van der Waals surface area contributed by atoms with Crippen molar-refractivity contribution in [2.75, 3.05) is 18.5 Å². The zero-order valence-electron chi connectivity index (χ0n) is 11.1. The fraction of sp³-hybridized carbons (Fsp3) is 0.286. The highest BCUT2D eigenvalue weighted by atomic mass is 32.1. The Morgan fingerprint density at radius 1 is 1.40 bits per heavy atom. The molecule has 6 heteroatoms. The molecular formula is C14H16N2O3S. The lowest BCUT2D eigenvalue weighted by molar-refractivity contribution is 0.0697. The SMILES string of the molecule is Cc1nsc(NCCCOc2ccccc2)c1C(=O)O. The Morgan fingerprint density at radius 3 is 2.85 bits per heavy atom. The van der Waals surface area contributed by atoms with Crippen LogP contribution in [0.5, 0.6) is 5.75 Å². The zero-order valence-corrected chi connectivity index (χ0v) is 11.9. The van der Waals surface area contributed by atoms with Gasteiger partial charge < -0.3 is 15.2 Å². The molecule has 20 heavy (non-hydrogen) atoms. The van der Waals surface area contributed by atoms with Gasteiger partial charge in [-0.2, -0.15) is 4.37 Å². The first kappa shape index (κ1) is 14.3. The van der Waals surface area contributed by atoms with Crippen LogP contribution in [0.3, 0.4) is 0 Å². The van der Waals surface area contributed by atoms with Crippen molar-refractivity contribution in [3.05, 3.63) is 41.6 Å². The molecule has 0 fully saturated rings. The van der Waals surface area contributed by atoms with Crippen LogP contribution < -0.4 is 10.1 Å². The Kier molecular flexibility index (Phi) is 4.95. The molecule has 5 nitrogen and oxygen atoms in total. The van der Waals surface area contributed by atoms with Gasteiger partial charge in [-0.1, -0.05) is 18.2 Å². The smallest absolute Gasteiger partial charge is 0.340 e. The molecule has 106 valence electrons. The second-order valence-electron chi connectivity index (χ2n) is 4.22. The number of aromatic nitrogens is 1. The quantitative estimate of drug-likeness (QED) is 0.767. The Labute approximate surface area is 121 Å². The maximum absolute atomic E-state index is 11.1. The van der Waals surface area contributed by atoms with Crippen molar-refractivity contribution in [3.8, 4) is 5.75 Å². The van der Waals surface area contributed by atoms with Crippen molar-refractivity contribution in [3.63, 3.8) is 0 Å². The molecule has 1 heterocycles. The summed E-state index contributed by atoms with van der Waals surface area (Å²) in [5.74, 6) is -0.105. The van der Waals surface area contributed by atoms with E-state index in [1.54, 1.807) is 6.92 Å². The van der Waals surface area contributed by atoms with Crippen LogP contribution in [0.1, 0.15) is 22.5 Å². The van der Waals surface area contributed by atoms with Crippen LogP contribution in [0.4, 0.5) is 5.00 Å². The summed E-state index contributed by atoms with van der Waals surface area (Å²) < 4.78 is 9.61. The summed E-state index contributed by atoms with van der Waals surface area (Å²) in [5, 5.41) is 12.8. The van der Waals surface area contributed by atoms with Gasteiger partial charge in [-0.3, -0.25) is 0 Å². The van der Waals surface area contributed by atoms with Crippen LogP contribution in [-0.2, 0) is 0 Å². The average Bonchev–Trinajstić information content (AvgIpc) is 2.81. The lowest BCUT2D eigenvalue weighted by Crippen LogP contribution is -2.09. The van der Waals surface area contributed by atoms with Gasteiger partial charge in [0, 0.05) is 6.54 Å². The summed E-state index contributed by atoms with van der Waals surface area (Å²) in [6, 6.07) is 9.60. The van der Waals surface area contributed by atoms with Crippen LogP contribution in [0.2, 0.25) is 0 Å². The number of rotatable bonds is 7. The number of nitrogens with zero attached hydrogens (tertiary/aromatic N) is 1. The van der Waals surface area contributed by atoms with Gasteiger partial charge >= 0.3 is 5.97 Å². The molecule has 0 aliphatic heterocycles. The Hall–Kier alpha value is -2.08. The van der Waals surface area contributed by atoms with Gasteiger partial charge in [0.15, 0.2) is 0 Å². The molecule has 1 aromatic heterocycles. The van der Waals surface area contributed by atoms with E-state index >= 15 is 0 Å². The highest BCUT2D eigenvalue weighted by molar-refractivity contribution is 7.10. The van der Waals surface area contributed by atoms with Crippen LogP contribution in [0, 0.1) is 6.92 Å². The molecule has 2 aromatic rings. The van der Waals surface area contributed by atoms with Gasteiger partial charge in [-0.15, -0.1) is 0 Å². The number of carboxylic acid groups (broad SMARTS) is 1. The van der Waals surface area contributed by atoms with Crippen molar-refractivity contribution < 1.29 is 14.6 Å². The van der Waals surface area contributed by atoms with Crippen molar-refractivity contribution in [1.82, 2.24) is 4.37 Å². The van der Waals surface area contributed by atoms with E-state index in [0.29, 0.717) is 23.8 Å². The summed E-state index contributed by atoms with van der Waals surface area (Å²) in [7, 11) is 0. The monoisotopic (exact) mass is 292 g/mol. The minimum atomic E-state index is -0.945. The number of aryl methyl sites for hydroxylation is 1. The predicted molar refractivity (Wildman–Crippen MR) is 78.9 cm³/mol. The number of anilines is 1. The number of ether oxygens (including phenoxy) is 1.